The molecular weight excluding hydrogens is 208 g/mol. The summed E-state index contributed by atoms with van der Waals surface area (Å²) in [6, 6.07) is 0.132. The third-order valence-electron chi connectivity index (χ3n) is 3.10. The summed E-state index contributed by atoms with van der Waals surface area (Å²) in [6.07, 6.45) is 5.38. The van der Waals surface area contributed by atoms with E-state index >= 15 is 0 Å². The van der Waals surface area contributed by atoms with Crippen LogP contribution in [0.15, 0.2) is 23.3 Å². The average Bonchev–Trinajstić information content (AvgIpc) is 2.63. The van der Waals surface area contributed by atoms with Crippen LogP contribution in [0.25, 0.3) is 0 Å². The topological polar surface area (TPSA) is 81.2 Å². The quantitative estimate of drug-likeness (QED) is 0.586. The summed E-state index contributed by atoms with van der Waals surface area (Å²) in [5.74, 6) is 0.797. The van der Waals surface area contributed by atoms with Gasteiger partial charge in [-0.15, -0.1) is 0 Å². The number of aromatic amines is 1. The maximum Gasteiger partial charge on any atom is 0.276 e. The molecule has 1 aromatic heterocycles. The summed E-state index contributed by atoms with van der Waals surface area (Å²) < 4.78 is 0. The molecule has 84 valence electrons. The first-order valence-electron chi connectivity index (χ1n) is 5.18. The van der Waals surface area contributed by atoms with E-state index < -0.39 is 0 Å². The van der Waals surface area contributed by atoms with Gasteiger partial charge in [0.05, 0.1) is 25.6 Å². The molecule has 2 aliphatic rings. The molecule has 3 N–H and O–H groups in total. The van der Waals surface area contributed by atoms with Gasteiger partial charge < -0.3 is 20.3 Å². The Labute approximate surface area is 91.6 Å². The number of hydrogen-bond acceptors (Lipinski definition) is 5. The molecule has 0 spiro atoms. The number of aromatic nitrogens is 2. The molecule has 1 aliphatic carbocycles. The standard InChI is InChI=1S/C10H12N4O2/c15-3-6-1-2-7(6)14-5-13-8-9(14)11-4-12-10(8)16/h1-2,4,6-7,13,15H,3,5H2,(H,11,12,16)/t6-,7-/m0/s1. The van der Waals surface area contributed by atoms with E-state index in [-0.39, 0.29) is 24.1 Å². The van der Waals surface area contributed by atoms with E-state index in [4.69, 9.17) is 5.11 Å². The summed E-state index contributed by atoms with van der Waals surface area (Å²) in [5.41, 5.74) is 0.357. The van der Waals surface area contributed by atoms with Gasteiger partial charge in [-0.1, -0.05) is 12.2 Å². The van der Waals surface area contributed by atoms with Crippen LogP contribution in [0, 0.1) is 5.92 Å². The lowest BCUT2D eigenvalue weighted by molar-refractivity contribution is 0.230. The minimum Gasteiger partial charge on any atom is -0.396 e. The number of anilines is 2. The third kappa shape index (κ3) is 1.16. The summed E-state index contributed by atoms with van der Waals surface area (Å²) >= 11 is 0. The summed E-state index contributed by atoms with van der Waals surface area (Å²) in [5, 5.41) is 12.1. The number of nitrogens with zero attached hydrogens (tertiary/aromatic N) is 2. The van der Waals surface area contributed by atoms with Gasteiger partial charge in [0.1, 0.15) is 5.69 Å². The SMILES string of the molecule is O=c1[nH]cnc2c1NCN2[C@H]1C=C[C@H]1CO. The number of aliphatic hydroxyl groups excluding tert-OH is 1. The van der Waals surface area contributed by atoms with E-state index in [1.807, 2.05) is 17.1 Å². The third-order valence-corrected chi connectivity index (χ3v) is 3.10. The molecule has 0 radical (unpaired) electrons. The van der Waals surface area contributed by atoms with Gasteiger partial charge in [0.2, 0.25) is 0 Å². The Morgan fingerprint density at radius 1 is 1.56 bits per heavy atom. The number of nitrogens with one attached hydrogen (secondary N) is 2. The van der Waals surface area contributed by atoms with Gasteiger partial charge >= 0.3 is 0 Å². The number of hydrogen-bond donors (Lipinski definition) is 3. The maximum atomic E-state index is 11.5. The summed E-state index contributed by atoms with van der Waals surface area (Å²) in [6.45, 7) is 0.678. The van der Waals surface area contributed by atoms with Gasteiger partial charge in [-0.3, -0.25) is 4.79 Å². The molecule has 6 nitrogen and oxygen atoms in total. The highest BCUT2D eigenvalue weighted by atomic mass is 16.3. The molecule has 1 aliphatic heterocycles. The molecule has 0 bridgehead atoms. The Morgan fingerprint density at radius 3 is 3.12 bits per heavy atom. The molecule has 2 atom stereocenters. The van der Waals surface area contributed by atoms with Crippen molar-refractivity contribution in [2.45, 2.75) is 6.04 Å². The fraction of sp³-hybridized carbons (Fsp3) is 0.400. The zero-order valence-corrected chi connectivity index (χ0v) is 8.55. The first-order valence-corrected chi connectivity index (χ1v) is 5.18. The van der Waals surface area contributed by atoms with Crippen LogP contribution in [0.3, 0.4) is 0 Å². The van der Waals surface area contributed by atoms with Crippen molar-refractivity contribution in [1.29, 1.82) is 0 Å². The first kappa shape index (κ1) is 9.41. The zero-order chi connectivity index (χ0) is 11.1. The van der Waals surface area contributed by atoms with E-state index in [9.17, 15) is 4.79 Å². The van der Waals surface area contributed by atoms with Crippen molar-refractivity contribution in [2.24, 2.45) is 5.92 Å². The van der Waals surface area contributed by atoms with Crippen molar-refractivity contribution in [2.75, 3.05) is 23.5 Å². The highest BCUT2D eigenvalue weighted by Gasteiger charge is 2.34. The lowest BCUT2D eigenvalue weighted by atomic mass is 9.88. The van der Waals surface area contributed by atoms with Gasteiger partial charge in [0, 0.05) is 5.92 Å². The van der Waals surface area contributed by atoms with E-state index in [1.165, 1.54) is 6.33 Å². The lowest BCUT2D eigenvalue weighted by Crippen LogP contribution is -2.44. The summed E-state index contributed by atoms with van der Waals surface area (Å²) in [7, 11) is 0. The van der Waals surface area contributed by atoms with Crippen LogP contribution < -0.4 is 15.8 Å². The number of rotatable bonds is 2. The molecule has 0 saturated heterocycles. The van der Waals surface area contributed by atoms with Crippen LogP contribution in [-0.4, -0.2) is 34.4 Å². The van der Waals surface area contributed by atoms with Gasteiger partial charge in [0.15, 0.2) is 5.82 Å². The molecule has 3 rings (SSSR count). The maximum absolute atomic E-state index is 11.5. The number of fused-ring (bicyclic) bond motifs is 1. The molecule has 6 heteroatoms. The van der Waals surface area contributed by atoms with Crippen molar-refractivity contribution >= 4 is 11.5 Å². The first-order chi connectivity index (χ1) is 7.81. The van der Waals surface area contributed by atoms with E-state index in [0.29, 0.717) is 18.2 Å². The van der Waals surface area contributed by atoms with Crippen LogP contribution in [0.4, 0.5) is 11.5 Å². The van der Waals surface area contributed by atoms with Crippen LogP contribution >= 0.6 is 0 Å². The smallest absolute Gasteiger partial charge is 0.276 e. The Balaban J connectivity index is 1.95. The molecule has 0 unspecified atom stereocenters. The van der Waals surface area contributed by atoms with Crippen molar-refractivity contribution in [1.82, 2.24) is 9.97 Å². The summed E-state index contributed by atoms with van der Waals surface area (Å²) in [4.78, 5) is 20.2. The van der Waals surface area contributed by atoms with Gasteiger partial charge in [0.25, 0.3) is 5.56 Å². The highest BCUT2D eigenvalue weighted by Crippen LogP contribution is 2.33. The Hall–Kier alpha value is -1.82. The largest absolute Gasteiger partial charge is 0.396 e. The fourth-order valence-electron chi connectivity index (χ4n) is 2.12. The van der Waals surface area contributed by atoms with Crippen LogP contribution in [0.5, 0.6) is 0 Å². The van der Waals surface area contributed by atoms with E-state index in [1.54, 1.807) is 0 Å². The van der Waals surface area contributed by atoms with Crippen molar-refractivity contribution < 1.29 is 5.11 Å². The molecule has 0 fully saturated rings. The molecule has 1 aromatic rings. The Morgan fingerprint density at radius 2 is 2.44 bits per heavy atom. The van der Waals surface area contributed by atoms with Crippen LogP contribution in [-0.2, 0) is 0 Å². The highest BCUT2D eigenvalue weighted by molar-refractivity contribution is 5.70. The molecule has 0 aromatic carbocycles. The fourth-order valence-corrected chi connectivity index (χ4v) is 2.12. The second-order valence-corrected chi connectivity index (χ2v) is 3.96. The normalized spacial score (nSPS) is 26.2. The van der Waals surface area contributed by atoms with Gasteiger partial charge in [-0.25, -0.2) is 4.98 Å². The van der Waals surface area contributed by atoms with Crippen molar-refractivity contribution in [3.05, 3.63) is 28.8 Å². The van der Waals surface area contributed by atoms with Gasteiger partial charge in [-0.2, -0.15) is 0 Å². The second-order valence-electron chi connectivity index (χ2n) is 3.96. The lowest BCUT2D eigenvalue weighted by Gasteiger charge is -2.36. The predicted molar refractivity (Wildman–Crippen MR) is 59.3 cm³/mol. The number of aliphatic hydroxyl groups is 1. The zero-order valence-electron chi connectivity index (χ0n) is 8.55. The Kier molecular flexibility index (Phi) is 1.97. The molecular formula is C10H12N4O2. The molecule has 0 saturated carbocycles. The number of H-pyrrole nitrogens is 1. The minimum absolute atomic E-state index is 0.121. The Bertz CT molecular complexity index is 496. The van der Waals surface area contributed by atoms with E-state index in [2.05, 4.69) is 15.3 Å². The molecule has 16 heavy (non-hydrogen) atoms. The van der Waals surface area contributed by atoms with Gasteiger partial charge in [-0.05, 0) is 0 Å². The van der Waals surface area contributed by atoms with Crippen LogP contribution in [0.2, 0.25) is 0 Å². The van der Waals surface area contributed by atoms with Crippen LogP contribution in [0.1, 0.15) is 0 Å². The van der Waals surface area contributed by atoms with Crippen molar-refractivity contribution in [3.8, 4) is 0 Å². The minimum atomic E-state index is -0.156. The second kappa shape index (κ2) is 3.34. The average molecular weight is 220 g/mol. The van der Waals surface area contributed by atoms with E-state index in [0.717, 1.165) is 0 Å². The molecule has 2 heterocycles. The monoisotopic (exact) mass is 220 g/mol. The predicted octanol–water partition coefficient (Wildman–Crippen LogP) is -0.494. The van der Waals surface area contributed by atoms with Crippen molar-refractivity contribution in [3.63, 3.8) is 0 Å². The molecule has 0 amide bonds.